The molecule has 0 aliphatic carbocycles. The summed E-state index contributed by atoms with van der Waals surface area (Å²) in [5.41, 5.74) is 0.588. The Morgan fingerprint density at radius 1 is 1.30 bits per heavy atom. The lowest BCUT2D eigenvalue weighted by molar-refractivity contribution is -0.389. The van der Waals surface area contributed by atoms with E-state index < -0.39 is 0 Å². The van der Waals surface area contributed by atoms with Crippen molar-refractivity contribution in [3.8, 4) is 0 Å². The molecule has 0 unspecified atom stereocenters. The third-order valence-electron chi connectivity index (χ3n) is 4.45. The highest BCUT2D eigenvalue weighted by Crippen LogP contribution is 2.33. The Kier molecular flexibility index (Phi) is 3.62. The summed E-state index contributed by atoms with van der Waals surface area (Å²) < 4.78 is 12.7. The highest BCUT2D eigenvalue weighted by atomic mass is 16.7. The maximum absolute atomic E-state index is 11.5. The number of pyridine rings is 1. The number of piperidine rings is 1. The number of nitrogens with zero attached hydrogens (tertiary/aromatic N) is 4. The standard InChI is InChI=1S/C15H18N4O4/c20-19(21)14-13(16-12-5-1-2-7-18(12)14)17-6-3-4-11(10-17)15-22-8-9-23-15/h1-2,5,7,11,15H,3-4,6,8-10H2/t11-/m0/s1. The van der Waals surface area contributed by atoms with Crippen LogP contribution in [-0.2, 0) is 9.47 Å². The van der Waals surface area contributed by atoms with Crippen LogP contribution in [0.4, 0.5) is 11.6 Å². The molecule has 0 radical (unpaired) electrons. The molecule has 122 valence electrons. The van der Waals surface area contributed by atoms with Crippen molar-refractivity contribution < 1.29 is 14.4 Å². The third kappa shape index (κ3) is 2.53. The summed E-state index contributed by atoms with van der Waals surface area (Å²) >= 11 is 0. The minimum Gasteiger partial charge on any atom is -0.358 e. The SMILES string of the molecule is O=[N+]([O-])c1c(N2CCC[C@H](C3OCCO3)C2)nc2ccccn12. The van der Waals surface area contributed by atoms with Crippen molar-refractivity contribution in [2.45, 2.75) is 19.1 Å². The molecule has 0 amide bonds. The molecule has 4 heterocycles. The zero-order valence-corrected chi connectivity index (χ0v) is 12.6. The molecule has 23 heavy (non-hydrogen) atoms. The normalized spacial score (nSPS) is 22.8. The van der Waals surface area contributed by atoms with Crippen LogP contribution in [0.3, 0.4) is 0 Å². The number of anilines is 1. The van der Waals surface area contributed by atoms with Crippen LogP contribution in [0.5, 0.6) is 0 Å². The average molecular weight is 318 g/mol. The first-order valence-electron chi connectivity index (χ1n) is 7.83. The van der Waals surface area contributed by atoms with Gasteiger partial charge in [0.2, 0.25) is 11.5 Å². The van der Waals surface area contributed by atoms with Gasteiger partial charge in [0.15, 0.2) is 6.29 Å². The molecular weight excluding hydrogens is 300 g/mol. The Morgan fingerprint density at radius 2 is 2.13 bits per heavy atom. The molecule has 8 heteroatoms. The molecule has 2 saturated heterocycles. The second-order valence-corrected chi connectivity index (χ2v) is 5.90. The van der Waals surface area contributed by atoms with Gasteiger partial charge in [-0.1, -0.05) is 6.07 Å². The number of ether oxygens (including phenoxy) is 2. The Hall–Kier alpha value is -2.19. The molecular formula is C15H18N4O4. The summed E-state index contributed by atoms with van der Waals surface area (Å²) in [6, 6.07) is 5.38. The van der Waals surface area contributed by atoms with Gasteiger partial charge in [0.05, 0.1) is 19.4 Å². The van der Waals surface area contributed by atoms with Crippen molar-refractivity contribution in [1.82, 2.24) is 9.38 Å². The van der Waals surface area contributed by atoms with Gasteiger partial charge in [0.25, 0.3) is 0 Å². The van der Waals surface area contributed by atoms with Crippen LogP contribution in [0.15, 0.2) is 24.4 Å². The van der Waals surface area contributed by atoms with Gasteiger partial charge in [0, 0.05) is 25.1 Å². The van der Waals surface area contributed by atoms with Crippen molar-refractivity contribution >= 4 is 17.3 Å². The Balaban J connectivity index is 1.67. The molecule has 1 atom stereocenters. The molecule has 2 aromatic heterocycles. The van der Waals surface area contributed by atoms with E-state index in [4.69, 9.17) is 9.47 Å². The minimum absolute atomic E-state index is 0.0227. The van der Waals surface area contributed by atoms with Gasteiger partial charge in [-0.15, -0.1) is 0 Å². The van der Waals surface area contributed by atoms with E-state index in [9.17, 15) is 10.1 Å². The number of fused-ring (bicyclic) bond motifs is 1. The summed E-state index contributed by atoms with van der Waals surface area (Å²) in [5.74, 6) is 0.675. The van der Waals surface area contributed by atoms with Crippen molar-refractivity contribution in [1.29, 1.82) is 0 Å². The van der Waals surface area contributed by atoms with Crippen molar-refractivity contribution in [2.75, 3.05) is 31.2 Å². The Morgan fingerprint density at radius 3 is 2.91 bits per heavy atom. The predicted molar refractivity (Wildman–Crippen MR) is 82.5 cm³/mol. The lowest BCUT2D eigenvalue weighted by Crippen LogP contribution is -2.41. The van der Waals surface area contributed by atoms with Crippen LogP contribution in [-0.4, -0.2) is 46.9 Å². The van der Waals surface area contributed by atoms with E-state index in [1.165, 1.54) is 4.40 Å². The van der Waals surface area contributed by atoms with E-state index >= 15 is 0 Å². The third-order valence-corrected chi connectivity index (χ3v) is 4.45. The quantitative estimate of drug-likeness (QED) is 0.634. The zero-order valence-electron chi connectivity index (χ0n) is 12.6. The van der Waals surface area contributed by atoms with Crippen LogP contribution < -0.4 is 4.90 Å². The van der Waals surface area contributed by atoms with Gasteiger partial charge >= 0.3 is 5.82 Å². The van der Waals surface area contributed by atoms with Gasteiger partial charge in [-0.2, -0.15) is 9.38 Å². The number of hydrogen-bond acceptors (Lipinski definition) is 6. The molecule has 2 aromatic rings. The van der Waals surface area contributed by atoms with E-state index in [2.05, 4.69) is 4.98 Å². The van der Waals surface area contributed by atoms with Crippen LogP contribution >= 0.6 is 0 Å². The molecule has 0 saturated carbocycles. The van der Waals surface area contributed by atoms with E-state index in [0.29, 0.717) is 31.2 Å². The molecule has 0 aromatic carbocycles. The lowest BCUT2D eigenvalue weighted by atomic mass is 9.97. The van der Waals surface area contributed by atoms with E-state index in [1.807, 2.05) is 11.0 Å². The second-order valence-electron chi connectivity index (χ2n) is 5.90. The number of rotatable bonds is 3. The first-order valence-corrected chi connectivity index (χ1v) is 7.83. The van der Waals surface area contributed by atoms with Crippen molar-refractivity contribution in [2.24, 2.45) is 5.92 Å². The van der Waals surface area contributed by atoms with Crippen molar-refractivity contribution in [3.05, 3.63) is 34.5 Å². The predicted octanol–water partition coefficient (Wildman–Crippen LogP) is 1.83. The molecule has 2 aliphatic heterocycles. The maximum atomic E-state index is 11.5. The molecule has 2 aliphatic rings. The summed E-state index contributed by atoms with van der Waals surface area (Å²) in [4.78, 5) is 17.7. The molecule has 4 rings (SSSR count). The van der Waals surface area contributed by atoms with Crippen molar-refractivity contribution in [3.63, 3.8) is 0 Å². The number of nitro groups is 1. The van der Waals surface area contributed by atoms with Crippen LogP contribution in [0, 0.1) is 16.0 Å². The number of imidazole rings is 1. The molecule has 2 fully saturated rings. The maximum Gasteiger partial charge on any atom is 0.372 e. The van der Waals surface area contributed by atoms with Gasteiger partial charge in [-0.3, -0.25) is 0 Å². The monoisotopic (exact) mass is 318 g/mol. The fraction of sp³-hybridized carbons (Fsp3) is 0.533. The van der Waals surface area contributed by atoms with E-state index in [1.54, 1.807) is 18.3 Å². The lowest BCUT2D eigenvalue weighted by Gasteiger charge is -2.34. The molecule has 0 N–H and O–H groups in total. The highest BCUT2D eigenvalue weighted by molar-refractivity contribution is 5.63. The molecule has 8 nitrogen and oxygen atoms in total. The topological polar surface area (TPSA) is 82.1 Å². The highest BCUT2D eigenvalue weighted by Gasteiger charge is 2.35. The van der Waals surface area contributed by atoms with Crippen LogP contribution in [0.1, 0.15) is 12.8 Å². The largest absolute Gasteiger partial charge is 0.372 e. The smallest absolute Gasteiger partial charge is 0.358 e. The Labute approximate surface area is 132 Å². The minimum atomic E-state index is -0.360. The fourth-order valence-electron chi connectivity index (χ4n) is 3.43. The number of hydrogen-bond donors (Lipinski definition) is 0. The molecule has 0 bridgehead atoms. The first kappa shape index (κ1) is 14.4. The summed E-state index contributed by atoms with van der Waals surface area (Å²) in [7, 11) is 0. The summed E-state index contributed by atoms with van der Waals surface area (Å²) in [5, 5.41) is 11.5. The van der Waals surface area contributed by atoms with E-state index in [-0.39, 0.29) is 22.9 Å². The fourth-order valence-corrected chi connectivity index (χ4v) is 3.43. The molecule has 0 spiro atoms. The average Bonchev–Trinajstić information content (AvgIpc) is 3.22. The zero-order chi connectivity index (χ0) is 15.8. The van der Waals surface area contributed by atoms with E-state index in [0.717, 1.165) is 19.4 Å². The van der Waals surface area contributed by atoms with Crippen LogP contribution in [0.25, 0.3) is 5.65 Å². The van der Waals surface area contributed by atoms with Gasteiger partial charge in [-0.05, 0) is 23.8 Å². The van der Waals surface area contributed by atoms with Gasteiger partial charge in [-0.25, -0.2) is 0 Å². The van der Waals surface area contributed by atoms with Gasteiger partial charge in [0.1, 0.15) is 0 Å². The summed E-state index contributed by atoms with van der Waals surface area (Å²) in [6.07, 6.45) is 3.42. The number of aromatic nitrogens is 2. The van der Waals surface area contributed by atoms with Crippen LogP contribution in [0.2, 0.25) is 0 Å². The second kappa shape index (κ2) is 5.78. The summed E-state index contributed by atoms with van der Waals surface area (Å²) in [6.45, 7) is 2.66. The Bertz CT molecular complexity index is 725. The van der Waals surface area contributed by atoms with Gasteiger partial charge < -0.3 is 24.5 Å². The first-order chi connectivity index (χ1) is 11.2.